The van der Waals surface area contributed by atoms with Crippen molar-refractivity contribution in [3.8, 4) is 0 Å². The van der Waals surface area contributed by atoms with E-state index in [1.54, 1.807) is 6.92 Å². The van der Waals surface area contributed by atoms with Crippen molar-refractivity contribution in [2.24, 2.45) is 29.6 Å². The number of aliphatic hydroxyl groups excluding tert-OH is 1. The van der Waals surface area contributed by atoms with E-state index in [4.69, 9.17) is 5.11 Å². The fourth-order valence-corrected chi connectivity index (χ4v) is 3.96. The lowest BCUT2D eigenvalue weighted by molar-refractivity contribution is -0.147. The van der Waals surface area contributed by atoms with Crippen molar-refractivity contribution in [1.82, 2.24) is 5.32 Å². The number of carbonyl (C=O) groups excluding carboxylic acids is 1. The zero-order valence-corrected chi connectivity index (χ0v) is 17.2. The maximum Gasteiger partial charge on any atom is 0.307 e. The van der Waals surface area contributed by atoms with Gasteiger partial charge >= 0.3 is 5.97 Å². The molecule has 5 atom stereocenters. The molecule has 4 unspecified atom stereocenters. The fourth-order valence-electron chi connectivity index (χ4n) is 3.96. The minimum Gasteiger partial charge on any atom is -0.481 e. The molecule has 0 fully saturated rings. The number of amides is 1. The lowest BCUT2D eigenvalue weighted by Gasteiger charge is -2.34. The van der Waals surface area contributed by atoms with E-state index >= 15 is 0 Å². The highest BCUT2D eigenvalue weighted by Crippen LogP contribution is 2.39. The highest BCUT2D eigenvalue weighted by Gasteiger charge is 2.35. The largest absolute Gasteiger partial charge is 0.481 e. The minimum atomic E-state index is -0.970. The normalized spacial score (nSPS) is 17.0. The first-order valence-electron chi connectivity index (χ1n) is 9.86. The van der Waals surface area contributed by atoms with E-state index in [9.17, 15) is 14.7 Å². The van der Waals surface area contributed by atoms with Gasteiger partial charge in [-0.05, 0) is 35.7 Å². The summed E-state index contributed by atoms with van der Waals surface area (Å²) in [7, 11) is 0. The Bertz CT molecular complexity index is 587. The third-order valence-corrected chi connectivity index (χ3v) is 5.73. The van der Waals surface area contributed by atoms with Gasteiger partial charge in [0.1, 0.15) is 0 Å². The van der Waals surface area contributed by atoms with Crippen molar-refractivity contribution in [3.63, 3.8) is 0 Å². The Morgan fingerprint density at radius 2 is 1.63 bits per heavy atom. The zero-order chi connectivity index (χ0) is 20.6. The van der Waals surface area contributed by atoms with Crippen LogP contribution in [-0.2, 0) is 9.59 Å². The molecule has 0 aliphatic rings. The van der Waals surface area contributed by atoms with E-state index in [1.165, 1.54) is 5.56 Å². The van der Waals surface area contributed by atoms with Crippen molar-refractivity contribution in [3.05, 3.63) is 35.9 Å². The summed E-state index contributed by atoms with van der Waals surface area (Å²) < 4.78 is 0. The lowest BCUT2D eigenvalue weighted by Crippen LogP contribution is -2.40. The monoisotopic (exact) mass is 377 g/mol. The number of rotatable bonds is 11. The van der Waals surface area contributed by atoms with Gasteiger partial charge in [-0.25, -0.2) is 0 Å². The Morgan fingerprint density at radius 3 is 2.11 bits per heavy atom. The molecule has 5 heteroatoms. The van der Waals surface area contributed by atoms with Gasteiger partial charge in [0.25, 0.3) is 0 Å². The first kappa shape index (κ1) is 23.2. The molecule has 3 N–H and O–H groups in total. The van der Waals surface area contributed by atoms with Crippen LogP contribution in [0.15, 0.2) is 30.3 Å². The molecule has 1 aromatic rings. The number of benzene rings is 1. The van der Waals surface area contributed by atoms with Gasteiger partial charge in [-0.2, -0.15) is 0 Å². The van der Waals surface area contributed by atoms with Gasteiger partial charge in [-0.1, -0.05) is 65.0 Å². The summed E-state index contributed by atoms with van der Waals surface area (Å²) in [4.78, 5) is 24.0. The molecule has 0 aliphatic heterocycles. The first-order chi connectivity index (χ1) is 12.7. The Labute approximate surface area is 163 Å². The highest BCUT2D eigenvalue weighted by atomic mass is 16.4. The molecule has 27 heavy (non-hydrogen) atoms. The maximum atomic E-state index is 12.5. The van der Waals surface area contributed by atoms with Crippen LogP contribution in [0.2, 0.25) is 0 Å². The maximum absolute atomic E-state index is 12.5. The number of hydrogen-bond acceptors (Lipinski definition) is 3. The molecule has 0 radical (unpaired) electrons. The molecule has 1 aromatic carbocycles. The van der Waals surface area contributed by atoms with Crippen LogP contribution in [0.1, 0.15) is 52.5 Å². The fraction of sp³-hybridized carbons (Fsp3) is 0.636. The average Bonchev–Trinajstić information content (AvgIpc) is 2.63. The van der Waals surface area contributed by atoms with Crippen LogP contribution < -0.4 is 5.32 Å². The molecule has 0 spiro atoms. The molecule has 152 valence electrons. The molecule has 0 heterocycles. The molecule has 0 aromatic heterocycles. The van der Waals surface area contributed by atoms with E-state index in [0.29, 0.717) is 24.2 Å². The molecule has 0 aliphatic carbocycles. The van der Waals surface area contributed by atoms with Gasteiger partial charge in [0, 0.05) is 6.54 Å². The Morgan fingerprint density at radius 1 is 1.04 bits per heavy atom. The van der Waals surface area contributed by atoms with Gasteiger partial charge < -0.3 is 15.5 Å². The highest BCUT2D eigenvalue weighted by molar-refractivity contribution is 5.84. The van der Waals surface area contributed by atoms with Crippen LogP contribution in [0.25, 0.3) is 0 Å². The van der Waals surface area contributed by atoms with E-state index in [1.807, 2.05) is 18.2 Å². The predicted molar refractivity (Wildman–Crippen MR) is 107 cm³/mol. The molecule has 1 amide bonds. The van der Waals surface area contributed by atoms with Crippen LogP contribution in [0, 0.1) is 29.6 Å². The Balaban J connectivity index is 2.98. The van der Waals surface area contributed by atoms with Gasteiger partial charge in [0.05, 0.1) is 18.4 Å². The zero-order valence-electron chi connectivity index (χ0n) is 17.2. The summed E-state index contributed by atoms with van der Waals surface area (Å²) in [5.41, 5.74) is 1.28. The van der Waals surface area contributed by atoms with Crippen molar-refractivity contribution >= 4 is 11.9 Å². The summed E-state index contributed by atoms with van der Waals surface area (Å²) >= 11 is 0. The van der Waals surface area contributed by atoms with Crippen molar-refractivity contribution in [2.75, 3.05) is 13.2 Å². The second-order valence-corrected chi connectivity index (χ2v) is 8.00. The molecule has 5 nitrogen and oxygen atoms in total. The van der Waals surface area contributed by atoms with Crippen LogP contribution in [0.3, 0.4) is 0 Å². The van der Waals surface area contributed by atoms with Crippen LogP contribution in [0.5, 0.6) is 0 Å². The number of carboxylic acid groups (broad SMARTS) is 1. The summed E-state index contributed by atoms with van der Waals surface area (Å²) in [5, 5.41) is 21.0. The molecule has 1 rings (SSSR count). The van der Waals surface area contributed by atoms with Gasteiger partial charge in [-0.15, -0.1) is 0 Å². The number of aliphatic carboxylic acids is 1. The van der Waals surface area contributed by atoms with Gasteiger partial charge in [0.2, 0.25) is 5.91 Å². The minimum absolute atomic E-state index is 0.143. The molecule has 0 saturated carbocycles. The second kappa shape index (κ2) is 11.1. The third kappa shape index (κ3) is 6.65. The summed E-state index contributed by atoms with van der Waals surface area (Å²) in [6.45, 7) is 10.3. The van der Waals surface area contributed by atoms with E-state index in [0.717, 1.165) is 0 Å². The quantitative estimate of drug-likeness (QED) is 0.550. The second-order valence-electron chi connectivity index (χ2n) is 8.00. The third-order valence-electron chi connectivity index (χ3n) is 5.73. The number of carboxylic acids is 1. The van der Waals surface area contributed by atoms with E-state index in [-0.39, 0.29) is 25.0 Å². The molecular formula is C22H35NO4. The summed E-state index contributed by atoms with van der Waals surface area (Å²) in [5.74, 6) is -1.42. The Kier molecular flexibility index (Phi) is 9.50. The number of carbonyl (C=O) groups is 2. The standard InChI is InChI=1S/C22H35NO4/c1-14(2)20(18-9-7-6-8-10-18)16(4)15(3)13-19(17(5)22(26)27)21(25)23-11-12-24/h6-10,14-17,19-20,24H,11-13H2,1-5H3,(H,23,25)(H,26,27)/t15?,16?,17-,19?,20?/m1/s1. The average molecular weight is 378 g/mol. The predicted octanol–water partition coefficient (Wildman–Crippen LogP) is 3.53. The number of nitrogens with one attached hydrogen (secondary N) is 1. The summed E-state index contributed by atoms with van der Waals surface area (Å²) in [6, 6.07) is 10.4. The summed E-state index contributed by atoms with van der Waals surface area (Å²) in [6.07, 6.45) is 0.502. The Hall–Kier alpha value is -1.88. The lowest BCUT2D eigenvalue weighted by atomic mass is 9.70. The van der Waals surface area contributed by atoms with Crippen molar-refractivity contribution in [2.45, 2.75) is 47.0 Å². The van der Waals surface area contributed by atoms with E-state index in [2.05, 4.69) is 45.1 Å². The number of aliphatic hydroxyl groups is 1. The smallest absolute Gasteiger partial charge is 0.307 e. The molecule has 0 bridgehead atoms. The van der Waals surface area contributed by atoms with Crippen LogP contribution >= 0.6 is 0 Å². The van der Waals surface area contributed by atoms with E-state index < -0.39 is 17.8 Å². The topological polar surface area (TPSA) is 86.6 Å². The van der Waals surface area contributed by atoms with Gasteiger partial charge in [0.15, 0.2) is 0 Å². The van der Waals surface area contributed by atoms with Crippen LogP contribution in [-0.4, -0.2) is 35.2 Å². The van der Waals surface area contributed by atoms with Crippen molar-refractivity contribution < 1.29 is 19.8 Å². The molecular weight excluding hydrogens is 342 g/mol. The number of hydrogen-bond donors (Lipinski definition) is 3. The van der Waals surface area contributed by atoms with Crippen LogP contribution in [0.4, 0.5) is 0 Å². The molecule has 0 saturated heterocycles. The first-order valence-corrected chi connectivity index (χ1v) is 9.86. The van der Waals surface area contributed by atoms with Gasteiger partial charge in [-0.3, -0.25) is 9.59 Å². The van der Waals surface area contributed by atoms with Crippen molar-refractivity contribution in [1.29, 1.82) is 0 Å². The SMILES string of the molecule is CC(C)C(c1ccccc1)C(C)C(C)CC(C(=O)NCCO)[C@@H](C)C(=O)O.